The molecular formula is C17H19ClN4O2S. The van der Waals surface area contributed by atoms with E-state index in [1.165, 1.54) is 0 Å². The molecule has 2 aromatic rings. The van der Waals surface area contributed by atoms with Gasteiger partial charge >= 0.3 is 0 Å². The number of amides is 1. The molecule has 6 nitrogen and oxygen atoms in total. The van der Waals surface area contributed by atoms with Gasteiger partial charge in [0.25, 0.3) is 11.1 Å². The molecule has 3 saturated heterocycles. The standard InChI is InChI=1S/C17H19ClN4O2S/c1-10-14(11-6-8-22(10)9-7-11)19-15(23)16-20-21-17(25-16)24-13-4-2-12(18)3-5-13/h2-5,10-11,14H,6-9H2,1H3,(H,19,23). The molecule has 8 heteroatoms. The third-order valence-electron chi connectivity index (χ3n) is 5.10. The van der Waals surface area contributed by atoms with Crippen LogP contribution >= 0.6 is 22.9 Å². The van der Waals surface area contributed by atoms with Gasteiger partial charge in [-0.05, 0) is 74.4 Å². The van der Waals surface area contributed by atoms with Crippen molar-refractivity contribution in [3.05, 3.63) is 34.3 Å². The summed E-state index contributed by atoms with van der Waals surface area (Å²) in [6.45, 7) is 4.46. The molecule has 3 aliphatic heterocycles. The van der Waals surface area contributed by atoms with Crippen molar-refractivity contribution in [3.63, 3.8) is 0 Å². The van der Waals surface area contributed by atoms with E-state index in [2.05, 4.69) is 27.3 Å². The maximum absolute atomic E-state index is 12.6. The highest BCUT2D eigenvalue weighted by Crippen LogP contribution is 2.32. The van der Waals surface area contributed by atoms with Crippen LogP contribution in [-0.2, 0) is 0 Å². The van der Waals surface area contributed by atoms with E-state index in [9.17, 15) is 4.79 Å². The highest BCUT2D eigenvalue weighted by atomic mass is 35.5. The molecule has 0 radical (unpaired) electrons. The SMILES string of the molecule is CC1C(NC(=O)c2nnc(Oc3ccc(Cl)cc3)s2)C2CCN1CC2. The van der Waals surface area contributed by atoms with E-state index in [-0.39, 0.29) is 11.9 Å². The van der Waals surface area contributed by atoms with E-state index in [0.717, 1.165) is 37.3 Å². The molecule has 1 aromatic carbocycles. The fourth-order valence-corrected chi connectivity index (χ4v) is 4.45. The number of hydrogen-bond acceptors (Lipinski definition) is 6. The van der Waals surface area contributed by atoms with Gasteiger partial charge in [0.2, 0.25) is 5.01 Å². The first kappa shape index (κ1) is 16.8. The van der Waals surface area contributed by atoms with Gasteiger partial charge in [-0.3, -0.25) is 9.69 Å². The number of aromatic nitrogens is 2. The molecule has 25 heavy (non-hydrogen) atoms. The predicted octanol–water partition coefficient (Wildman–Crippen LogP) is 3.20. The second kappa shape index (κ2) is 6.90. The van der Waals surface area contributed by atoms with E-state index in [4.69, 9.17) is 16.3 Å². The largest absolute Gasteiger partial charge is 0.430 e. The number of fused-ring (bicyclic) bond motifs is 3. The smallest absolute Gasteiger partial charge is 0.300 e. The molecule has 132 valence electrons. The number of halogens is 1. The first-order valence-corrected chi connectivity index (χ1v) is 9.61. The van der Waals surface area contributed by atoms with Crippen LogP contribution in [0.5, 0.6) is 10.9 Å². The zero-order valence-electron chi connectivity index (χ0n) is 13.8. The highest BCUT2D eigenvalue weighted by molar-refractivity contribution is 7.15. The van der Waals surface area contributed by atoms with Crippen molar-refractivity contribution in [2.24, 2.45) is 5.92 Å². The van der Waals surface area contributed by atoms with Crippen molar-refractivity contribution < 1.29 is 9.53 Å². The summed E-state index contributed by atoms with van der Waals surface area (Å²) >= 11 is 7.00. The Kier molecular flexibility index (Phi) is 4.62. The van der Waals surface area contributed by atoms with Crippen LogP contribution in [0.1, 0.15) is 29.6 Å². The molecule has 0 aliphatic carbocycles. The lowest BCUT2D eigenvalue weighted by molar-refractivity contribution is 0.0217. The Morgan fingerprint density at radius 3 is 2.68 bits per heavy atom. The highest BCUT2D eigenvalue weighted by Gasteiger charge is 2.40. The van der Waals surface area contributed by atoms with Gasteiger partial charge in [0, 0.05) is 17.1 Å². The van der Waals surface area contributed by atoms with Crippen molar-refractivity contribution in [3.8, 4) is 10.9 Å². The van der Waals surface area contributed by atoms with E-state index in [1.807, 2.05) is 0 Å². The number of carbonyl (C=O) groups is 1. The third-order valence-corrected chi connectivity index (χ3v) is 6.15. The average Bonchev–Trinajstić information content (AvgIpc) is 3.09. The van der Waals surface area contributed by atoms with Crippen LogP contribution in [0.4, 0.5) is 0 Å². The van der Waals surface area contributed by atoms with Gasteiger partial charge in [-0.15, -0.1) is 5.10 Å². The van der Waals surface area contributed by atoms with E-state index >= 15 is 0 Å². The molecule has 1 aromatic heterocycles. The first-order chi connectivity index (χ1) is 12.1. The van der Waals surface area contributed by atoms with E-state index in [1.54, 1.807) is 24.3 Å². The fraction of sp³-hybridized carbons (Fsp3) is 0.471. The third kappa shape index (κ3) is 3.49. The molecule has 1 amide bonds. The number of nitrogens with one attached hydrogen (secondary N) is 1. The zero-order valence-corrected chi connectivity index (χ0v) is 15.4. The summed E-state index contributed by atoms with van der Waals surface area (Å²) in [5.41, 5.74) is 0. The van der Waals surface area contributed by atoms with Crippen molar-refractivity contribution in [2.45, 2.75) is 31.8 Å². The minimum absolute atomic E-state index is 0.172. The Morgan fingerprint density at radius 1 is 1.28 bits per heavy atom. The number of ether oxygens (including phenoxy) is 1. The molecule has 0 spiro atoms. The van der Waals surface area contributed by atoms with E-state index < -0.39 is 0 Å². The van der Waals surface area contributed by atoms with Gasteiger partial charge in [0.15, 0.2) is 0 Å². The summed E-state index contributed by atoms with van der Waals surface area (Å²) in [6, 6.07) is 7.52. The second-order valence-electron chi connectivity index (χ2n) is 6.54. The van der Waals surface area contributed by atoms with Crippen LogP contribution in [0, 0.1) is 5.92 Å². The number of benzene rings is 1. The summed E-state index contributed by atoms with van der Waals surface area (Å²) in [7, 11) is 0. The molecule has 4 heterocycles. The Bertz CT molecular complexity index is 756. The minimum atomic E-state index is -0.172. The number of nitrogens with zero attached hydrogens (tertiary/aromatic N) is 3. The van der Waals surface area contributed by atoms with Gasteiger partial charge in [-0.1, -0.05) is 16.7 Å². The molecule has 5 rings (SSSR count). The molecule has 0 saturated carbocycles. The first-order valence-electron chi connectivity index (χ1n) is 8.42. The Morgan fingerprint density at radius 2 is 2.00 bits per heavy atom. The lowest BCUT2D eigenvalue weighted by atomic mass is 9.79. The topological polar surface area (TPSA) is 67.3 Å². The second-order valence-corrected chi connectivity index (χ2v) is 7.92. The summed E-state index contributed by atoms with van der Waals surface area (Å²) in [6.07, 6.45) is 2.30. The quantitative estimate of drug-likeness (QED) is 0.884. The lowest BCUT2D eigenvalue weighted by Crippen LogP contribution is -2.62. The molecule has 2 bridgehead atoms. The summed E-state index contributed by atoms with van der Waals surface area (Å²) in [5.74, 6) is 0.995. The summed E-state index contributed by atoms with van der Waals surface area (Å²) < 4.78 is 5.62. The van der Waals surface area contributed by atoms with Crippen LogP contribution < -0.4 is 10.1 Å². The van der Waals surface area contributed by atoms with Crippen LogP contribution in [0.25, 0.3) is 0 Å². The van der Waals surface area contributed by atoms with Crippen molar-refractivity contribution in [2.75, 3.05) is 13.1 Å². The van der Waals surface area contributed by atoms with Crippen LogP contribution in [0.3, 0.4) is 0 Å². The van der Waals surface area contributed by atoms with Crippen LogP contribution in [-0.4, -0.2) is 46.2 Å². The maximum Gasteiger partial charge on any atom is 0.300 e. The van der Waals surface area contributed by atoms with E-state index in [0.29, 0.717) is 32.9 Å². The van der Waals surface area contributed by atoms with Crippen LogP contribution in [0.15, 0.2) is 24.3 Å². The predicted molar refractivity (Wildman–Crippen MR) is 96.4 cm³/mol. The van der Waals surface area contributed by atoms with Gasteiger partial charge in [0.1, 0.15) is 5.75 Å². The molecular weight excluding hydrogens is 360 g/mol. The van der Waals surface area contributed by atoms with Gasteiger partial charge in [-0.25, -0.2) is 0 Å². The number of hydrogen-bond donors (Lipinski definition) is 1. The monoisotopic (exact) mass is 378 g/mol. The summed E-state index contributed by atoms with van der Waals surface area (Å²) in [4.78, 5) is 15.0. The number of rotatable bonds is 4. The maximum atomic E-state index is 12.6. The number of piperidine rings is 3. The minimum Gasteiger partial charge on any atom is -0.430 e. The lowest BCUT2D eigenvalue weighted by Gasteiger charge is -2.49. The normalized spacial score (nSPS) is 27.9. The van der Waals surface area contributed by atoms with Crippen molar-refractivity contribution >= 4 is 28.8 Å². The zero-order chi connectivity index (χ0) is 17.4. The van der Waals surface area contributed by atoms with Crippen molar-refractivity contribution in [1.82, 2.24) is 20.4 Å². The fourth-order valence-electron chi connectivity index (χ4n) is 3.70. The van der Waals surface area contributed by atoms with Gasteiger partial charge in [-0.2, -0.15) is 0 Å². The number of carbonyl (C=O) groups excluding carboxylic acids is 1. The molecule has 2 unspecified atom stereocenters. The van der Waals surface area contributed by atoms with Gasteiger partial charge < -0.3 is 10.1 Å². The van der Waals surface area contributed by atoms with Gasteiger partial charge in [0.05, 0.1) is 0 Å². The van der Waals surface area contributed by atoms with Crippen LogP contribution in [0.2, 0.25) is 5.02 Å². The average molecular weight is 379 g/mol. The van der Waals surface area contributed by atoms with Crippen molar-refractivity contribution in [1.29, 1.82) is 0 Å². The molecule has 3 aliphatic rings. The Balaban J connectivity index is 1.41. The molecule has 1 N–H and O–H groups in total. The molecule has 2 atom stereocenters. The molecule has 3 fully saturated rings. The Labute approximate surface area is 155 Å². The Hall–Kier alpha value is -1.70. The summed E-state index contributed by atoms with van der Waals surface area (Å²) in [5, 5.41) is 12.4.